The van der Waals surface area contributed by atoms with Gasteiger partial charge in [0, 0.05) is 52.9 Å². The van der Waals surface area contributed by atoms with Crippen LogP contribution in [-0.2, 0) is 18.9 Å². The molecular formula is C46H72N2O4SiSr. The third-order valence-electron chi connectivity index (χ3n) is 9.59. The van der Waals surface area contributed by atoms with Gasteiger partial charge in [-0.2, -0.15) is 0 Å². The Bertz CT molecular complexity index is 1180. The molecule has 296 valence electrons. The van der Waals surface area contributed by atoms with Gasteiger partial charge in [-0.25, -0.2) is 0 Å². The first-order chi connectivity index (χ1) is 25.7. The zero-order chi connectivity index (χ0) is 38.3. The molecule has 0 unspecified atom stereocenters. The maximum atomic E-state index is 5.54. The van der Waals surface area contributed by atoms with Crippen molar-refractivity contribution in [2.45, 2.75) is 130 Å². The zero-order valence-corrected chi connectivity index (χ0v) is 39.9. The van der Waals surface area contributed by atoms with E-state index in [4.69, 9.17) is 28.9 Å². The SMILES string of the molecule is C1CCOC1.C1CCOC1.C1CCOC1.C1CCOC1.CC(C)c1cccc(C(C)C)c1[N-][SiH]([N-]c1c(C(C)C)cccc1C(C)C)c1ccccc1.[Sr+2]. The van der Waals surface area contributed by atoms with E-state index >= 15 is 0 Å². The summed E-state index contributed by atoms with van der Waals surface area (Å²) in [7, 11) is -2.07. The summed E-state index contributed by atoms with van der Waals surface area (Å²) in [6, 6.07) is 24.1. The molecule has 8 heteroatoms. The molecule has 4 heterocycles. The minimum Gasteiger partial charge on any atom is -0.698 e. The Hall–Kier alpha value is -1.20. The Morgan fingerprint density at radius 3 is 0.852 bits per heavy atom. The van der Waals surface area contributed by atoms with Gasteiger partial charge in [0.2, 0.25) is 0 Å². The molecule has 4 aliphatic rings. The summed E-state index contributed by atoms with van der Waals surface area (Å²) in [4.78, 5) is 11.1. The van der Waals surface area contributed by atoms with Crippen molar-refractivity contribution in [3.05, 3.63) is 98.9 Å². The van der Waals surface area contributed by atoms with Crippen LogP contribution in [0.2, 0.25) is 0 Å². The predicted octanol–water partition coefficient (Wildman–Crippen LogP) is 11.8. The minimum atomic E-state index is -2.07. The molecule has 4 saturated heterocycles. The molecule has 0 aliphatic carbocycles. The summed E-state index contributed by atoms with van der Waals surface area (Å²) in [5.41, 5.74) is 7.63. The molecule has 0 aromatic heterocycles. The van der Waals surface area contributed by atoms with Crippen LogP contribution < -0.4 is 5.19 Å². The molecule has 0 amide bonds. The van der Waals surface area contributed by atoms with Crippen LogP contribution in [0.15, 0.2) is 66.7 Å². The summed E-state index contributed by atoms with van der Waals surface area (Å²) >= 11 is 0. The smallest absolute Gasteiger partial charge is 0.698 e. The van der Waals surface area contributed by atoms with E-state index in [1.54, 1.807) is 0 Å². The molecule has 0 spiro atoms. The van der Waals surface area contributed by atoms with Gasteiger partial charge in [0.15, 0.2) is 0 Å². The summed E-state index contributed by atoms with van der Waals surface area (Å²) < 4.78 is 19.8. The van der Waals surface area contributed by atoms with Crippen LogP contribution in [0.4, 0.5) is 11.4 Å². The fraction of sp³-hybridized carbons (Fsp3) is 0.609. The molecule has 4 fully saturated rings. The van der Waals surface area contributed by atoms with Crippen LogP contribution in [0, 0.1) is 0 Å². The third-order valence-corrected chi connectivity index (χ3v) is 11.6. The summed E-state index contributed by atoms with van der Waals surface area (Å²) in [6.45, 7) is 26.1. The van der Waals surface area contributed by atoms with Crippen molar-refractivity contribution in [2.75, 3.05) is 52.9 Å². The molecule has 7 rings (SSSR count). The van der Waals surface area contributed by atoms with Gasteiger partial charge < -0.3 is 28.9 Å². The van der Waals surface area contributed by atoms with Crippen LogP contribution in [0.3, 0.4) is 0 Å². The van der Waals surface area contributed by atoms with Crippen molar-refractivity contribution in [3.63, 3.8) is 0 Å². The second-order valence-electron chi connectivity index (χ2n) is 15.5. The second-order valence-corrected chi connectivity index (χ2v) is 17.4. The normalized spacial score (nSPS) is 16.1. The number of para-hydroxylation sites is 2. The molecule has 3 aromatic carbocycles. The fourth-order valence-electron chi connectivity index (χ4n) is 6.41. The van der Waals surface area contributed by atoms with E-state index < -0.39 is 9.12 Å². The molecule has 6 nitrogen and oxygen atoms in total. The van der Waals surface area contributed by atoms with E-state index in [2.05, 4.69) is 122 Å². The molecule has 0 atom stereocenters. The number of benzene rings is 3. The first-order valence-electron chi connectivity index (χ1n) is 20.7. The number of nitrogens with zero attached hydrogens (tertiary/aromatic N) is 2. The average molecular weight is 833 g/mol. The Kier molecular flexibility index (Phi) is 26.4. The van der Waals surface area contributed by atoms with Gasteiger partial charge in [-0.3, -0.25) is 0 Å². The van der Waals surface area contributed by atoms with Gasteiger partial charge in [0.05, 0.1) is 0 Å². The van der Waals surface area contributed by atoms with Crippen LogP contribution >= 0.6 is 0 Å². The zero-order valence-electron chi connectivity index (χ0n) is 35.3. The van der Waals surface area contributed by atoms with E-state index in [1.807, 2.05) is 0 Å². The first-order valence-corrected chi connectivity index (χ1v) is 22.3. The van der Waals surface area contributed by atoms with E-state index in [0.29, 0.717) is 23.7 Å². The monoisotopic (exact) mass is 832 g/mol. The second kappa shape index (κ2) is 29.1. The summed E-state index contributed by atoms with van der Waals surface area (Å²) in [6.07, 6.45) is 10.2. The van der Waals surface area contributed by atoms with Gasteiger partial charge >= 0.3 is 45.5 Å². The predicted molar refractivity (Wildman–Crippen MR) is 234 cm³/mol. The fourth-order valence-corrected chi connectivity index (χ4v) is 8.42. The maximum absolute atomic E-state index is 5.54. The Balaban J connectivity index is 0.000000380. The van der Waals surface area contributed by atoms with Crippen LogP contribution in [0.1, 0.15) is 153 Å². The largest absolute Gasteiger partial charge is 2.00 e. The first kappa shape index (κ1) is 48.9. The van der Waals surface area contributed by atoms with Crippen molar-refractivity contribution in [1.82, 2.24) is 0 Å². The van der Waals surface area contributed by atoms with E-state index in [9.17, 15) is 0 Å². The van der Waals surface area contributed by atoms with Crippen molar-refractivity contribution in [3.8, 4) is 0 Å². The number of ether oxygens (including phenoxy) is 4. The number of hydrogen-bond donors (Lipinski definition) is 0. The van der Waals surface area contributed by atoms with Gasteiger partial charge in [-0.1, -0.05) is 144 Å². The van der Waals surface area contributed by atoms with Crippen molar-refractivity contribution < 1.29 is 18.9 Å². The van der Waals surface area contributed by atoms with E-state index in [-0.39, 0.29) is 45.5 Å². The van der Waals surface area contributed by atoms with Crippen molar-refractivity contribution in [2.24, 2.45) is 0 Å². The van der Waals surface area contributed by atoms with Crippen LogP contribution in [0.25, 0.3) is 9.96 Å². The number of hydrogen-bond acceptors (Lipinski definition) is 4. The summed E-state index contributed by atoms with van der Waals surface area (Å²) in [5.74, 6) is 1.67. The average Bonchev–Trinajstić information content (AvgIpc) is 4.02. The van der Waals surface area contributed by atoms with Gasteiger partial charge in [0.25, 0.3) is 0 Å². The van der Waals surface area contributed by atoms with Gasteiger partial charge in [0.1, 0.15) is 0 Å². The topological polar surface area (TPSA) is 65.1 Å². The minimum absolute atomic E-state index is 0. The molecule has 54 heavy (non-hydrogen) atoms. The van der Waals surface area contributed by atoms with E-state index in [1.165, 1.54) is 90.2 Å². The quantitative estimate of drug-likeness (QED) is 0.202. The Morgan fingerprint density at radius 2 is 0.648 bits per heavy atom. The molecule has 0 radical (unpaired) electrons. The van der Waals surface area contributed by atoms with Crippen LogP contribution in [0.5, 0.6) is 0 Å². The number of rotatable bonds is 9. The molecule has 0 N–H and O–H groups in total. The standard InChI is InChI=1S/C30H40N2Si.4C4H8O.Sr/c1-20(2)25-16-12-17-26(21(3)4)29(25)31-33(24-14-10-9-11-15-24)32-30-27(22(5)6)18-13-19-28(30)23(7)8;4*1-2-4-5-3-1;/h9-23,33H,1-8H3;4*1-4H2;/q-2;;;;;+2. The Morgan fingerprint density at radius 1 is 0.389 bits per heavy atom. The Labute approximate surface area is 369 Å². The van der Waals surface area contributed by atoms with Crippen LogP contribution in [-0.4, -0.2) is 107 Å². The summed E-state index contributed by atoms with van der Waals surface area (Å²) in [5, 5.41) is 1.26. The van der Waals surface area contributed by atoms with Crippen molar-refractivity contribution >= 4 is 71.2 Å². The molecule has 0 bridgehead atoms. The van der Waals surface area contributed by atoms with Crippen molar-refractivity contribution in [1.29, 1.82) is 0 Å². The third kappa shape index (κ3) is 18.4. The molecular weight excluding hydrogens is 760 g/mol. The van der Waals surface area contributed by atoms with Gasteiger partial charge in [-0.05, 0) is 75.0 Å². The van der Waals surface area contributed by atoms with E-state index in [0.717, 1.165) is 52.9 Å². The maximum Gasteiger partial charge on any atom is 2.00 e. The molecule has 3 aromatic rings. The molecule has 4 aliphatic heterocycles. The molecule has 0 saturated carbocycles. The van der Waals surface area contributed by atoms with Gasteiger partial charge in [-0.15, -0.1) is 25.7 Å².